The van der Waals surface area contributed by atoms with E-state index < -0.39 is 5.60 Å². The Balaban J connectivity index is 1.73. The van der Waals surface area contributed by atoms with Crippen LogP contribution in [0.3, 0.4) is 0 Å². The fourth-order valence-corrected chi connectivity index (χ4v) is 2.38. The van der Waals surface area contributed by atoms with E-state index in [1.165, 1.54) is 0 Å². The number of aliphatic hydroxyl groups is 1. The molecule has 1 saturated carbocycles. The van der Waals surface area contributed by atoms with E-state index in [9.17, 15) is 9.90 Å². The van der Waals surface area contributed by atoms with Crippen LogP contribution >= 0.6 is 0 Å². The van der Waals surface area contributed by atoms with Crippen LogP contribution in [0.1, 0.15) is 18.4 Å². The molecule has 0 aromatic heterocycles. The van der Waals surface area contributed by atoms with Crippen molar-refractivity contribution in [2.75, 3.05) is 25.0 Å². The predicted molar refractivity (Wildman–Crippen MR) is 69.7 cm³/mol. The maximum absolute atomic E-state index is 11.8. The number of hydrogen-bond donors (Lipinski definition) is 1. The molecule has 4 heteroatoms. The van der Waals surface area contributed by atoms with E-state index >= 15 is 0 Å². The molecule has 0 atom stereocenters. The van der Waals surface area contributed by atoms with Gasteiger partial charge >= 0.3 is 6.03 Å². The van der Waals surface area contributed by atoms with Crippen LogP contribution in [-0.2, 0) is 6.42 Å². The number of rotatable bonds is 3. The molecule has 1 heterocycles. The summed E-state index contributed by atoms with van der Waals surface area (Å²) in [6.45, 7) is 1.53. The van der Waals surface area contributed by atoms with Crippen molar-refractivity contribution < 1.29 is 9.90 Å². The Labute approximate surface area is 107 Å². The van der Waals surface area contributed by atoms with Gasteiger partial charge in [0.1, 0.15) is 0 Å². The highest BCUT2D eigenvalue weighted by atomic mass is 16.3. The normalized spacial score (nSPS) is 21.6. The van der Waals surface area contributed by atoms with Crippen molar-refractivity contribution >= 4 is 11.7 Å². The van der Waals surface area contributed by atoms with Crippen molar-refractivity contribution in [3.05, 3.63) is 29.8 Å². The third-order valence-corrected chi connectivity index (χ3v) is 3.82. The lowest BCUT2D eigenvalue weighted by Gasteiger charge is -2.16. The molecule has 2 amide bonds. The van der Waals surface area contributed by atoms with E-state index in [0.717, 1.165) is 43.6 Å². The van der Waals surface area contributed by atoms with Gasteiger partial charge in [-0.15, -0.1) is 0 Å². The average molecular weight is 246 g/mol. The molecule has 2 aliphatic rings. The van der Waals surface area contributed by atoms with Gasteiger partial charge in [-0.2, -0.15) is 0 Å². The van der Waals surface area contributed by atoms with Crippen molar-refractivity contribution in [3.8, 4) is 0 Å². The molecule has 1 N–H and O–H groups in total. The maximum atomic E-state index is 11.8. The van der Waals surface area contributed by atoms with Crippen LogP contribution < -0.4 is 4.90 Å². The standard InChI is InChI=1S/C14H18N2O2/c1-15-8-9-16(13(15)17)12-4-2-11(3-5-12)10-14(18)6-7-14/h2-5,18H,6-10H2,1H3. The molecule has 0 radical (unpaired) electrons. The van der Waals surface area contributed by atoms with E-state index in [1.807, 2.05) is 31.3 Å². The molecule has 2 fully saturated rings. The summed E-state index contributed by atoms with van der Waals surface area (Å²) in [6, 6.07) is 8.02. The zero-order valence-corrected chi connectivity index (χ0v) is 10.6. The second-order valence-corrected chi connectivity index (χ2v) is 5.42. The second kappa shape index (κ2) is 3.99. The van der Waals surface area contributed by atoms with Crippen LogP contribution in [0.15, 0.2) is 24.3 Å². The summed E-state index contributed by atoms with van der Waals surface area (Å²) < 4.78 is 0. The molecule has 0 spiro atoms. The summed E-state index contributed by atoms with van der Waals surface area (Å²) in [6.07, 6.45) is 2.54. The van der Waals surface area contributed by atoms with Crippen LogP contribution in [0.2, 0.25) is 0 Å². The Kier molecular flexibility index (Phi) is 2.55. The fraction of sp³-hybridized carbons (Fsp3) is 0.500. The van der Waals surface area contributed by atoms with Gasteiger partial charge in [0.25, 0.3) is 0 Å². The summed E-state index contributed by atoms with van der Waals surface area (Å²) in [5.74, 6) is 0. The lowest BCUT2D eigenvalue weighted by atomic mass is 10.1. The number of urea groups is 1. The minimum Gasteiger partial charge on any atom is -0.390 e. The number of amides is 2. The molecule has 4 nitrogen and oxygen atoms in total. The number of carbonyl (C=O) groups excluding carboxylic acids is 1. The number of hydrogen-bond acceptors (Lipinski definition) is 2. The largest absolute Gasteiger partial charge is 0.390 e. The van der Waals surface area contributed by atoms with Crippen molar-refractivity contribution in [2.24, 2.45) is 0 Å². The molecule has 1 aromatic carbocycles. The monoisotopic (exact) mass is 246 g/mol. The third kappa shape index (κ3) is 2.08. The Morgan fingerprint density at radius 1 is 1.22 bits per heavy atom. The Morgan fingerprint density at radius 2 is 1.89 bits per heavy atom. The minimum absolute atomic E-state index is 0.0589. The van der Waals surface area contributed by atoms with Crippen LogP contribution in [0, 0.1) is 0 Å². The lowest BCUT2D eigenvalue weighted by molar-refractivity contribution is 0.151. The van der Waals surface area contributed by atoms with Gasteiger partial charge in [0.05, 0.1) is 5.60 Å². The maximum Gasteiger partial charge on any atom is 0.324 e. The highest BCUT2D eigenvalue weighted by Gasteiger charge is 2.40. The molecule has 1 aromatic rings. The number of nitrogens with zero attached hydrogens (tertiary/aromatic N) is 2. The minimum atomic E-state index is -0.453. The topological polar surface area (TPSA) is 43.8 Å². The van der Waals surface area contributed by atoms with E-state index in [-0.39, 0.29) is 6.03 Å². The number of anilines is 1. The van der Waals surface area contributed by atoms with Gasteiger partial charge in [0, 0.05) is 32.2 Å². The molecular formula is C14H18N2O2. The van der Waals surface area contributed by atoms with Gasteiger partial charge in [-0.05, 0) is 30.5 Å². The first-order valence-corrected chi connectivity index (χ1v) is 6.41. The smallest absolute Gasteiger partial charge is 0.324 e. The molecule has 96 valence electrons. The molecule has 0 unspecified atom stereocenters. The van der Waals surface area contributed by atoms with Crippen LogP contribution in [0.4, 0.5) is 10.5 Å². The Hall–Kier alpha value is -1.55. The Morgan fingerprint density at radius 3 is 2.39 bits per heavy atom. The van der Waals surface area contributed by atoms with E-state index in [1.54, 1.807) is 9.80 Å². The number of benzene rings is 1. The predicted octanol–water partition coefficient (Wildman–Crippen LogP) is 1.63. The van der Waals surface area contributed by atoms with Gasteiger partial charge in [0.15, 0.2) is 0 Å². The van der Waals surface area contributed by atoms with E-state index in [0.29, 0.717) is 0 Å². The molecule has 0 bridgehead atoms. The highest BCUT2D eigenvalue weighted by Crippen LogP contribution is 2.38. The molecule has 1 aliphatic heterocycles. The van der Waals surface area contributed by atoms with Gasteiger partial charge in [-0.1, -0.05) is 12.1 Å². The SMILES string of the molecule is CN1CCN(c2ccc(CC3(O)CC3)cc2)C1=O. The summed E-state index contributed by atoms with van der Waals surface area (Å²) >= 11 is 0. The third-order valence-electron chi connectivity index (χ3n) is 3.82. The average Bonchev–Trinajstić information content (AvgIpc) is 2.99. The van der Waals surface area contributed by atoms with Crippen molar-refractivity contribution in [3.63, 3.8) is 0 Å². The van der Waals surface area contributed by atoms with Crippen LogP contribution in [-0.4, -0.2) is 41.8 Å². The first-order chi connectivity index (χ1) is 8.57. The first-order valence-electron chi connectivity index (χ1n) is 6.41. The van der Waals surface area contributed by atoms with Crippen molar-refractivity contribution in [2.45, 2.75) is 24.9 Å². The Bertz CT molecular complexity index is 465. The van der Waals surface area contributed by atoms with Crippen LogP contribution in [0.25, 0.3) is 0 Å². The highest BCUT2D eigenvalue weighted by molar-refractivity contribution is 5.93. The quantitative estimate of drug-likeness (QED) is 0.881. The van der Waals surface area contributed by atoms with Gasteiger partial charge in [0.2, 0.25) is 0 Å². The molecule has 1 aliphatic carbocycles. The summed E-state index contributed by atoms with van der Waals surface area (Å²) in [7, 11) is 1.82. The van der Waals surface area contributed by atoms with Gasteiger partial charge in [-0.3, -0.25) is 4.90 Å². The van der Waals surface area contributed by atoms with E-state index in [4.69, 9.17) is 0 Å². The molecular weight excluding hydrogens is 228 g/mol. The zero-order valence-electron chi connectivity index (χ0n) is 10.6. The van der Waals surface area contributed by atoms with Crippen molar-refractivity contribution in [1.82, 2.24) is 4.90 Å². The van der Waals surface area contributed by atoms with Gasteiger partial charge in [-0.25, -0.2) is 4.79 Å². The molecule has 18 heavy (non-hydrogen) atoms. The lowest BCUT2D eigenvalue weighted by Crippen LogP contribution is -2.29. The molecule has 1 saturated heterocycles. The number of carbonyl (C=O) groups is 1. The zero-order chi connectivity index (χ0) is 12.8. The molecule has 3 rings (SSSR count). The van der Waals surface area contributed by atoms with Crippen LogP contribution in [0.5, 0.6) is 0 Å². The van der Waals surface area contributed by atoms with Gasteiger partial charge < -0.3 is 10.0 Å². The summed E-state index contributed by atoms with van der Waals surface area (Å²) in [4.78, 5) is 15.4. The summed E-state index contributed by atoms with van der Waals surface area (Å²) in [5.41, 5.74) is 1.63. The van der Waals surface area contributed by atoms with E-state index in [2.05, 4.69) is 0 Å². The fourth-order valence-electron chi connectivity index (χ4n) is 2.38. The second-order valence-electron chi connectivity index (χ2n) is 5.42. The number of likely N-dealkylation sites (N-methyl/N-ethyl adjacent to an activating group) is 1. The van der Waals surface area contributed by atoms with Crippen molar-refractivity contribution in [1.29, 1.82) is 0 Å². The first kappa shape index (κ1) is 11.5. The summed E-state index contributed by atoms with van der Waals surface area (Å²) in [5, 5.41) is 9.87.